The van der Waals surface area contributed by atoms with E-state index >= 15 is 0 Å². The third kappa shape index (κ3) is 3.08. The highest BCUT2D eigenvalue weighted by atomic mass is 16.3. The average molecular weight is 220 g/mol. The number of rotatable bonds is 3. The smallest absolute Gasteiger partial charge is 0.0467 e. The van der Waals surface area contributed by atoms with Gasteiger partial charge in [0.05, 0.1) is 0 Å². The molecule has 1 aromatic rings. The lowest BCUT2D eigenvalue weighted by atomic mass is 9.76. The zero-order chi connectivity index (χ0) is 12.3. The highest BCUT2D eigenvalue weighted by Gasteiger charge is 2.24. The van der Waals surface area contributed by atoms with Crippen molar-refractivity contribution in [1.29, 1.82) is 0 Å². The van der Waals surface area contributed by atoms with Crippen LogP contribution in [0.15, 0.2) is 18.2 Å². The van der Waals surface area contributed by atoms with Crippen LogP contribution in [-0.4, -0.2) is 11.7 Å². The molecule has 1 N–H and O–H groups in total. The molecule has 0 radical (unpaired) electrons. The van der Waals surface area contributed by atoms with Crippen molar-refractivity contribution in [3.63, 3.8) is 0 Å². The van der Waals surface area contributed by atoms with E-state index in [1.54, 1.807) is 0 Å². The van der Waals surface area contributed by atoms with E-state index in [1.807, 2.05) is 0 Å². The number of benzene rings is 1. The van der Waals surface area contributed by atoms with E-state index in [0.29, 0.717) is 5.92 Å². The fraction of sp³-hybridized carbons (Fsp3) is 0.600. The third-order valence-corrected chi connectivity index (χ3v) is 3.54. The Morgan fingerprint density at radius 1 is 1.12 bits per heavy atom. The van der Waals surface area contributed by atoms with Crippen molar-refractivity contribution < 1.29 is 5.11 Å². The van der Waals surface area contributed by atoms with Gasteiger partial charge in [0.15, 0.2) is 0 Å². The molecule has 0 aliphatic carbocycles. The summed E-state index contributed by atoms with van der Waals surface area (Å²) in [5.74, 6) is 0.326. The van der Waals surface area contributed by atoms with Crippen LogP contribution in [-0.2, 0) is 6.42 Å². The van der Waals surface area contributed by atoms with Crippen molar-refractivity contribution in [2.75, 3.05) is 6.61 Å². The molecular weight excluding hydrogens is 196 g/mol. The number of aliphatic hydroxyl groups excluding tert-OH is 1. The molecular formula is C15H24O. The topological polar surface area (TPSA) is 20.2 Å². The van der Waals surface area contributed by atoms with Crippen molar-refractivity contribution in [3.05, 3.63) is 34.9 Å². The first-order valence-electron chi connectivity index (χ1n) is 6.02. The zero-order valence-corrected chi connectivity index (χ0v) is 11.2. The number of hydrogen-bond acceptors (Lipinski definition) is 1. The van der Waals surface area contributed by atoms with Crippen LogP contribution in [0.2, 0.25) is 0 Å². The van der Waals surface area contributed by atoms with Gasteiger partial charge in [-0.2, -0.15) is 0 Å². The van der Waals surface area contributed by atoms with Gasteiger partial charge in [0.2, 0.25) is 0 Å². The fourth-order valence-electron chi connectivity index (χ4n) is 2.06. The van der Waals surface area contributed by atoms with Crippen molar-refractivity contribution >= 4 is 0 Å². The molecule has 0 saturated carbocycles. The number of aryl methyl sites for hydroxylation is 2. The molecule has 1 atom stereocenters. The maximum absolute atomic E-state index is 9.50. The zero-order valence-electron chi connectivity index (χ0n) is 11.2. The quantitative estimate of drug-likeness (QED) is 0.826. The molecule has 16 heavy (non-hydrogen) atoms. The Bertz CT molecular complexity index is 327. The SMILES string of the molecule is Cc1cccc(C)c1CC(CO)C(C)(C)C. The fourth-order valence-corrected chi connectivity index (χ4v) is 2.06. The first kappa shape index (κ1) is 13.2. The van der Waals surface area contributed by atoms with Crippen molar-refractivity contribution in [1.82, 2.24) is 0 Å². The molecule has 1 nitrogen and oxygen atoms in total. The van der Waals surface area contributed by atoms with Gasteiger partial charge in [0, 0.05) is 6.61 Å². The average Bonchev–Trinajstić information content (AvgIpc) is 2.15. The van der Waals surface area contributed by atoms with Crippen LogP contribution >= 0.6 is 0 Å². The van der Waals surface area contributed by atoms with Gasteiger partial charge in [-0.25, -0.2) is 0 Å². The molecule has 90 valence electrons. The van der Waals surface area contributed by atoms with E-state index in [4.69, 9.17) is 0 Å². The summed E-state index contributed by atoms with van der Waals surface area (Å²) in [7, 11) is 0. The maximum Gasteiger partial charge on any atom is 0.0467 e. The number of hydrogen-bond donors (Lipinski definition) is 1. The Hall–Kier alpha value is -0.820. The summed E-state index contributed by atoms with van der Waals surface area (Å²) in [5, 5.41) is 9.50. The second kappa shape index (κ2) is 5.01. The highest BCUT2D eigenvalue weighted by molar-refractivity contribution is 5.33. The second-order valence-electron chi connectivity index (χ2n) is 5.82. The Morgan fingerprint density at radius 3 is 2.00 bits per heavy atom. The molecule has 0 heterocycles. The summed E-state index contributed by atoms with van der Waals surface area (Å²) in [6.07, 6.45) is 0.971. The normalized spacial score (nSPS) is 13.9. The van der Waals surface area contributed by atoms with Crippen LogP contribution in [0.3, 0.4) is 0 Å². The molecule has 1 aromatic carbocycles. The van der Waals surface area contributed by atoms with E-state index in [1.165, 1.54) is 16.7 Å². The summed E-state index contributed by atoms with van der Waals surface area (Å²) in [4.78, 5) is 0. The summed E-state index contributed by atoms with van der Waals surface area (Å²) < 4.78 is 0. The molecule has 0 saturated heterocycles. The van der Waals surface area contributed by atoms with E-state index in [-0.39, 0.29) is 12.0 Å². The van der Waals surface area contributed by atoms with Crippen LogP contribution in [0, 0.1) is 25.2 Å². The molecule has 0 aromatic heterocycles. The minimum Gasteiger partial charge on any atom is -0.396 e. The first-order valence-corrected chi connectivity index (χ1v) is 6.02. The van der Waals surface area contributed by atoms with Crippen LogP contribution < -0.4 is 0 Å². The van der Waals surface area contributed by atoms with Gasteiger partial charge in [0.1, 0.15) is 0 Å². The lowest BCUT2D eigenvalue weighted by Crippen LogP contribution is -2.26. The Labute approximate surface area is 99.5 Å². The lowest BCUT2D eigenvalue weighted by molar-refractivity contribution is 0.131. The molecule has 1 rings (SSSR count). The first-order chi connectivity index (χ1) is 7.36. The van der Waals surface area contributed by atoms with Gasteiger partial charge >= 0.3 is 0 Å². The van der Waals surface area contributed by atoms with Gasteiger partial charge in [-0.05, 0) is 48.3 Å². The predicted octanol–water partition coefficient (Wildman–Crippen LogP) is 3.50. The van der Waals surface area contributed by atoms with Gasteiger partial charge in [-0.15, -0.1) is 0 Å². The monoisotopic (exact) mass is 220 g/mol. The number of aliphatic hydroxyl groups is 1. The molecule has 0 bridgehead atoms. The summed E-state index contributed by atoms with van der Waals surface area (Å²) in [5.41, 5.74) is 4.23. The Balaban J connectivity index is 2.95. The summed E-state index contributed by atoms with van der Waals surface area (Å²) in [6, 6.07) is 6.40. The third-order valence-electron chi connectivity index (χ3n) is 3.54. The molecule has 0 aliphatic rings. The van der Waals surface area contributed by atoms with Gasteiger partial charge in [-0.1, -0.05) is 39.0 Å². The Kier molecular flexibility index (Phi) is 4.15. The molecule has 0 aliphatic heterocycles. The van der Waals surface area contributed by atoms with Crippen LogP contribution in [0.1, 0.15) is 37.5 Å². The Morgan fingerprint density at radius 2 is 1.62 bits per heavy atom. The van der Waals surface area contributed by atoms with Crippen LogP contribution in [0.4, 0.5) is 0 Å². The van der Waals surface area contributed by atoms with Gasteiger partial charge < -0.3 is 5.11 Å². The standard InChI is InChI=1S/C15H24O/c1-11-7-6-8-12(2)14(11)9-13(10-16)15(3,4)5/h6-8,13,16H,9-10H2,1-5H3. The van der Waals surface area contributed by atoms with E-state index < -0.39 is 0 Å². The lowest BCUT2D eigenvalue weighted by Gasteiger charge is -2.30. The van der Waals surface area contributed by atoms with E-state index in [2.05, 4.69) is 52.8 Å². The molecule has 1 unspecified atom stereocenters. The largest absolute Gasteiger partial charge is 0.396 e. The molecule has 0 fully saturated rings. The van der Waals surface area contributed by atoms with Crippen molar-refractivity contribution in [3.8, 4) is 0 Å². The highest BCUT2D eigenvalue weighted by Crippen LogP contribution is 2.30. The van der Waals surface area contributed by atoms with Gasteiger partial charge in [0.25, 0.3) is 0 Å². The molecule has 1 heteroatoms. The van der Waals surface area contributed by atoms with Crippen molar-refractivity contribution in [2.45, 2.75) is 41.0 Å². The predicted molar refractivity (Wildman–Crippen MR) is 69.7 cm³/mol. The maximum atomic E-state index is 9.50. The van der Waals surface area contributed by atoms with Crippen LogP contribution in [0.25, 0.3) is 0 Å². The summed E-state index contributed by atoms with van der Waals surface area (Å²) in [6.45, 7) is 11.2. The summed E-state index contributed by atoms with van der Waals surface area (Å²) >= 11 is 0. The molecule has 0 amide bonds. The van der Waals surface area contributed by atoms with E-state index in [9.17, 15) is 5.11 Å². The van der Waals surface area contributed by atoms with Gasteiger partial charge in [-0.3, -0.25) is 0 Å². The van der Waals surface area contributed by atoms with E-state index in [0.717, 1.165) is 6.42 Å². The van der Waals surface area contributed by atoms with Crippen LogP contribution in [0.5, 0.6) is 0 Å². The molecule has 0 spiro atoms. The minimum atomic E-state index is 0.156. The minimum absolute atomic E-state index is 0.156. The van der Waals surface area contributed by atoms with Crippen molar-refractivity contribution in [2.24, 2.45) is 11.3 Å². The second-order valence-corrected chi connectivity index (χ2v) is 5.82.